The van der Waals surface area contributed by atoms with Gasteiger partial charge in [-0.2, -0.15) is 0 Å². The van der Waals surface area contributed by atoms with Crippen molar-refractivity contribution < 1.29 is 9.53 Å². The van der Waals surface area contributed by atoms with Gasteiger partial charge in [0.2, 0.25) is 0 Å². The van der Waals surface area contributed by atoms with Gasteiger partial charge in [-0.1, -0.05) is 38.3 Å². The molecule has 2 atom stereocenters. The largest absolute Gasteiger partial charge is 0.490 e. The topological polar surface area (TPSA) is 26.3 Å². The van der Waals surface area contributed by atoms with Crippen molar-refractivity contribution in [3.63, 3.8) is 0 Å². The van der Waals surface area contributed by atoms with E-state index >= 15 is 0 Å². The van der Waals surface area contributed by atoms with Crippen LogP contribution in [0.15, 0.2) is 24.3 Å². The smallest absolute Gasteiger partial charge is 0.166 e. The maximum Gasteiger partial charge on any atom is 0.166 e. The summed E-state index contributed by atoms with van der Waals surface area (Å²) in [5.41, 5.74) is 0.838. The van der Waals surface area contributed by atoms with Gasteiger partial charge in [-0.05, 0) is 43.7 Å². The lowest BCUT2D eigenvalue weighted by Gasteiger charge is -2.27. The van der Waals surface area contributed by atoms with Gasteiger partial charge in [-0.3, -0.25) is 4.79 Å². The first-order valence-electron chi connectivity index (χ1n) is 8.07. The predicted molar refractivity (Wildman–Crippen MR) is 80.2 cm³/mol. The molecule has 2 aliphatic rings. The Labute approximate surface area is 121 Å². The molecule has 0 aliphatic heterocycles. The molecule has 2 aliphatic carbocycles. The minimum Gasteiger partial charge on any atom is -0.490 e. The van der Waals surface area contributed by atoms with E-state index in [0.29, 0.717) is 11.9 Å². The van der Waals surface area contributed by atoms with Crippen molar-refractivity contribution in [1.29, 1.82) is 0 Å². The van der Waals surface area contributed by atoms with Gasteiger partial charge in [0.25, 0.3) is 0 Å². The number of benzene rings is 1. The quantitative estimate of drug-likeness (QED) is 0.731. The zero-order valence-electron chi connectivity index (χ0n) is 12.3. The highest BCUT2D eigenvalue weighted by molar-refractivity contribution is 5.98. The lowest BCUT2D eigenvalue weighted by molar-refractivity contribution is 0.0861. The van der Waals surface area contributed by atoms with Gasteiger partial charge in [-0.15, -0.1) is 0 Å². The summed E-state index contributed by atoms with van der Waals surface area (Å²) in [6.07, 6.45) is 8.52. The molecule has 0 aromatic heterocycles. The molecule has 108 valence electrons. The Kier molecular flexibility index (Phi) is 4.09. The van der Waals surface area contributed by atoms with Crippen LogP contribution >= 0.6 is 0 Å². The van der Waals surface area contributed by atoms with Crippen molar-refractivity contribution in [2.45, 2.75) is 58.0 Å². The average molecular weight is 272 g/mol. The highest BCUT2D eigenvalue weighted by atomic mass is 16.5. The summed E-state index contributed by atoms with van der Waals surface area (Å²) in [4.78, 5) is 12.7. The monoisotopic (exact) mass is 272 g/mol. The standard InChI is InChI=1S/C18H24O2/c1-2-13-5-3-6-14(11-13)18(19)15-7-4-8-17(12-15)20-16-9-10-16/h4,7-8,12-14,16H,2-3,5-6,9-11H2,1H3. The molecular formula is C18H24O2. The number of carbonyl (C=O) groups is 1. The summed E-state index contributed by atoms with van der Waals surface area (Å²) in [7, 11) is 0. The fraction of sp³-hybridized carbons (Fsp3) is 0.611. The molecule has 0 saturated heterocycles. The van der Waals surface area contributed by atoms with E-state index in [0.717, 1.165) is 42.9 Å². The lowest BCUT2D eigenvalue weighted by Crippen LogP contribution is -2.22. The van der Waals surface area contributed by atoms with Gasteiger partial charge in [0.15, 0.2) is 5.78 Å². The van der Waals surface area contributed by atoms with Crippen LogP contribution in [0.2, 0.25) is 0 Å². The Morgan fingerprint density at radius 3 is 2.85 bits per heavy atom. The van der Waals surface area contributed by atoms with Gasteiger partial charge < -0.3 is 4.74 Å². The maximum atomic E-state index is 12.7. The summed E-state index contributed by atoms with van der Waals surface area (Å²) in [6.45, 7) is 2.24. The number of hydrogen-bond acceptors (Lipinski definition) is 2. The zero-order chi connectivity index (χ0) is 13.9. The first-order valence-corrected chi connectivity index (χ1v) is 8.07. The molecule has 1 aromatic carbocycles. The van der Waals surface area contributed by atoms with Crippen molar-refractivity contribution in [2.75, 3.05) is 0 Å². The molecule has 2 fully saturated rings. The first-order chi connectivity index (χ1) is 9.76. The lowest BCUT2D eigenvalue weighted by atomic mass is 9.77. The van der Waals surface area contributed by atoms with Crippen molar-refractivity contribution >= 4 is 5.78 Å². The van der Waals surface area contributed by atoms with E-state index in [-0.39, 0.29) is 5.92 Å². The molecule has 1 aromatic rings. The van der Waals surface area contributed by atoms with Crippen LogP contribution in [0, 0.1) is 11.8 Å². The molecule has 0 amide bonds. The fourth-order valence-corrected chi connectivity index (χ4v) is 3.24. The van der Waals surface area contributed by atoms with E-state index in [9.17, 15) is 4.79 Å². The van der Waals surface area contributed by atoms with E-state index in [4.69, 9.17) is 4.74 Å². The van der Waals surface area contributed by atoms with Crippen LogP contribution in [0.4, 0.5) is 0 Å². The average Bonchev–Trinajstić information content (AvgIpc) is 3.31. The second-order valence-electron chi connectivity index (χ2n) is 6.35. The van der Waals surface area contributed by atoms with Crippen LogP contribution in [0.25, 0.3) is 0 Å². The third-order valence-electron chi connectivity index (χ3n) is 4.68. The number of Topliss-reactive ketones (excluding diaryl/α,β-unsaturated/α-hetero) is 1. The van der Waals surface area contributed by atoms with Gasteiger partial charge in [0.05, 0.1) is 6.10 Å². The molecule has 2 unspecified atom stereocenters. The second-order valence-corrected chi connectivity index (χ2v) is 6.35. The first kappa shape index (κ1) is 13.7. The maximum absolute atomic E-state index is 12.7. The molecule has 2 saturated carbocycles. The normalized spacial score (nSPS) is 26.2. The van der Waals surface area contributed by atoms with Gasteiger partial charge in [-0.25, -0.2) is 0 Å². The Morgan fingerprint density at radius 2 is 2.10 bits per heavy atom. The van der Waals surface area contributed by atoms with Gasteiger partial charge in [0, 0.05) is 11.5 Å². The number of hydrogen-bond donors (Lipinski definition) is 0. The highest BCUT2D eigenvalue weighted by Crippen LogP contribution is 2.34. The van der Waals surface area contributed by atoms with Crippen LogP contribution in [-0.4, -0.2) is 11.9 Å². The third kappa shape index (κ3) is 3.23. The molecular weight excluding hydrogens is 248 g/mol. The molecule has 2 nitrogen and oxygen atoms in total. The molecule has 0 bridgehead atoms. The Hall–Kier alpha value is -1.31. The van der Waals surface area contributed by atoms with E-state index in [1.807, 2.05) is 24.3 Å². The molecule has 0 heterocycles. The van der Waals surface area contributed by atoms with Crippen LogP contribution in [0.3, 0.4) is 0 Å². The summed E-state index contributed by atoms with van der Waals surface area (Å²) < 4.78 is 5.79. The summed E-state index contributed by atoms with van der Waals surface area (Å²) in [5.74, 6) is 2.15. The van der Waals surface area contributed by atoms with Crippen molar-refractivity contribution in [1.82, 2.24) is 0 Å². The Morgan fingerprint density at radius 1 is 1.25 bits per heavy atom. The van der Waals surface area contributed by atoms with Gasteiger partial charge in [0.1, 0.15) is 5.75 Å². The SMILES string of the molecule is CCC1CCCC(C(=O)c2cccc(OC3CC3)c2)C1. The number of ketones is 1. The summed E-state index contributed by atoms with van der Waals surface area (Å²) in [5, 5.41) is 0. The highest BCUT2D eigenvalue weighted by Gasteiger charge is 2.28. The van der Waals surface area contributed by atoms with Crippen LogP contribution in [-0.2, 0) is 0 Å². The zero-order valence-corrected chi connectivity index (χ0v) is 12.3. The molecule has 0 spiro atoms. The fourth-order valence-electron chi connectivity index (χ4n) is 3.24. The van der Waals surface area contributed by atoms with E-state index < -0.39 is 0 Å². The minimum absolute atomic E-state index is 0.227. The van der Waals surface area contributed by atoms with Crippen molar-refractivity contribution in [2.24, 2.45) is 11.8 Å². The van der Waals surface area contributed by atoms with E-state index in [1.165, 1.54) is 19.3 Å². The molecule has 0 radical (unpaired) electrons. The summed E-state index contributed by atoms with van der Waals surface area (Å²) >= 11 is 0. The second kappa shape index (κ2) is 5.99. The number of rotatable bonds is 5. The van der Waals surface area contributed by atoms with Crippen LogP contribution in [0.1, 0.15) is 62.2 Å². The molecule has 2 heteroatoms. The predicted octanol–water partition coefficient (Wildman–Crippen LogP) is 4.63. The number of ether oxygens (including phenoxy) is 1. The Bertz CT molecular complexity index is 476. The Balaban J connectivity index is 1.69. The molecule has 3 rings (SSSR count). The van der Waals surface area contributed by atoms with Gasteiger partial charge >= 0.3 is 0 Å². The number of carbonyl (C=O) groups excluding carboxylic acids is 1. The van der Waals surface area contributed by atoms with Crippen molar-refractivity contribution in [3.05, 3.63) is 29.8 Å². The molecule has 20 heavy (non-hydrogen) atoms. The van der Waals surface area contributed by atoms with Crippen molar-refractivity contribution in [3.8, 4) is 5.75 Å². The van der Waals surface area contributed by atoms with E-state index in [2.05, 4.69) is 6.92 Å². The third-order valence-corrected chi connectivity index (χ3v) is 4.68. The molecule has 0 N–H and O–H groups in total. The summed E-state index contributed by atoms with van der Waals surface area (Å²) in [6, 6.07) is 7.80. The van der Waals surface area contributed by atoms with Crippen LogP contribution in [0.5, 0.6) is 5.75 Å². The van der Waals surface area contributed by atoms with E-state index in [1.54, 1.807) is 0 Å². The minimum atomic E-state index is 0.227. The van der Waals surface area contributed by atoms with Crippen LogP contribution < -0.4 is 4.74 Å².